The average molecular weight is 893 g/mol. The molecule has 8 rings (SSSR count). The molecule has 0 bridgehead atoms. The summed E-state index contributed by atoms with van der Waals surface area (Å²) in [4.78, 5) is 50.6. The van der Waals surface area contributed by atoms with Crippen molar-refractivity contribution in [1.29, 1.82) is 0 Å². The lowest BCUT2D eigenvalue weighted by molar-refractivity contribution is -0.314. The van der Waals surface area contributed by atoms with Crippen molar-refractivity contribution in [1.82, 2.24) is 9.88 Å². The molecule has 1 aromatic carbocycles. The summed E-state index contributed by atoms with van der Waals surface area (Å²) in [5.41, 5.74) is 2.34. The summed E-state index contributed by atoms with van der Waals surface area (Å²) in [7, 11) is 6.79. The van der Waals surface area contributed by atoms with Crippen molar-refractivity contribution >= 4 is 29.0 Å². The molecule has 1 amide bonds. The van der Waals surface area contributed by atoms with E-state index in [0.717, 1.165) is 30.0 Å². The molecular weight excluding hydrogens is 825 g/mol. The monoisotopic (exact) mass is 892 g/mol. The third kappa shape index (κ3) is 9.22. The van der Waals surface area contributed by atoms with Gasteiger partial charge in [0.1, 0.15) is 24.4 Å². The van der Waals surface area contributed by atoms with Gasteiger partial charge < -0.3 is 42.8 Å². The molecular formula is C49H68N2O11S. The molecule has 3 aliphatic carbocycles. The Kier molecular flexibility index (Phi) is 14.6. The van der Waals surface area contributed by atoms with Gasteiger partial charge in [0.05, 0.1) is 47.6 Å². The van der Waals surface area contributed by atoms with Gasteiger partial charge in [-0.2, -0.15) is 0 Å². The molecule has 0 spiro atoms. The Morgan fingerprint density at radius 2 is 1.63 bits per heavy atom. The first-order valence-electron chi connectivity index (χ1n) is 23.3. The molecule has 4 unspecified atom stereocenters. The molecule has 14 heteroatoms. The fourth-order valence-electron chi connectivity index (χ4n) is 12.0. The molecule has 4 fully saturated rings. The summed E-state index contributed by atoms with van der Waals surface area (Å²) in [5.74, 6) is -0.966. The van der Waals surface area contributed by atoms with Gasteiger partial charge in [-0.1, -0.05) is 38.1 Å². The Bertz CT molecular complexity index is 1960. The first kappa shape index (κ1) is 46.4. The highest BCUT2D eigenvalue weighted by molar-refractivity contribution is 7.11. The van der Waals surface area contributed by atoms with E-state index in [2.05, 4.69) is 13.0 Å². The second-order valence-electron chi connectivity index (χ2n) is 18.8. The largest absolute Gasteiger partial charge is 0.462 e. The van der Waals surface area contributed by atoms with Gasteiger partial charge in [0.2, 0.25) is 0 Å². The second kappa shape index (κ2) is 19.8. The molecule has 4 heterocycles. The minimum atomic E-state index is -0.651. The van der Waals surface area contributed by atoms with E-state index in [4.69, 9.17) is 42.9 Å². The molecule has 63 heavy (non-hydrogen) atoms. The maximum absolute atomic E-state index is 15.1. The highest BCUT2D eigenvalue weighted by atomic mass is 32.1. The number of benzene rings is 1. The molecule has 0 radical (unpaired) electrons. The molecule has 6 aliphatic rings. The van der Waals surface area contributed by atoms with E-state index in [1.54, 1.807) is 37.6 Å². The number of carbonyl (C=O) groups excluding carboxylic acids is 3. The van der Waals surface area contributed by atoms with Gasteiger partial charge in [0.25, 0.3) is 5.91 Å². The quantitative estimate of drug-likeness (QED) is 0.218. The van der Waals surface area contributed by atoms with Gasteiger partial charge in [-0.05, 0) is 95.3 Å². The van der Waals surface area contributed by atoms with Gasteiger partial charge in [0, 0.05) is 68.9 Å². The van der Waals surface area contributed by atoms with Crippen molar-refractivity contribution in [3.63, 3.8) is 0 Å². The summed E-state index contributed by atoms with van der Waals surface area (Å²) >= 11 is 1.73. The Labute approximate surface area is 376 Å². The van der Waals surface area contributed by atoms with E-state index >= 15 is 4.79 Å². The molecule has 1 aromatic heterocycles. The van der Waals surface area contributed by atoms with Gasteiger partial charge >= 0.3 is 5.97 Å². The number of Topliss-reactive ketones (excluding diaryl/α,β-unsaturated/α-hetero) is 1. The third-order valence-electron chi connectivity index (χ3n) is 15.2. The highest BCUT2D eigenvalue weighted by Crippen LogP contribution is 2.62. The minimum Gasteiger partial charge on any atom is -0.462 e. The normalized spacial score (nSPS) is 39.4. The zero-order valence-electron chi connectivity index (χ0n) is 38.4. The van der Waals surface area contributed by atoms with Crippen LogP contribution in [0.1, 0.15) is 123 Å². The number of hydrogen-bond acceptors (Lipinski definition) is 13. The van der Waals surface area contributed by atoms with Crippen molar-refractivity contribution in [3.8, 4) is 0 Å². The van der Waals surface area contributed by atoms with E-state index in [9.17, 15) is 9.59 Å². The van der Waals surface area contributed by atoms with Crippen LogP contribution in [0.2, 0.25) is 0 Å². The Morgan fingerprint density at radius 1 is 0.889 bits per heavy atom. The Hall–Kier alpha value is -3.08. The summed E-state index contributed by atoms with van der Waals surface area (Å²) in [6, 6.07) is 9.19. The number of fused-ring (bicyclic) bond motifs is 8. The molecule has 0 N–H and O–H groups in total. The molecule has 3 saturated heterocycles. The number of thiazole rings is 1. The number of allylic oxidation sites excluding steroid dienone is 2. The molecule has 1 saturated carbocycles. The predicted octanol–water partition coefficient (Wildman–Crippen LogP) is 7.54. The molecule has 346 valence electrons. The smallest absolute Gasteiger partial charge is 0.306 e. The second-order valence-corrected chi connectivity index (χ2v) is 20.0. The summed E-state index contributed by atoms with van der Waals surface area (Å²) in [6.07, 6.45) is 4.24. The summed E-state index contributed by atoms with van der Waals surface area (Å²) < 4.78 is 50.4. The number of carbonyl (C=O) groups is 3. The van der Waals surface area contributed by atoms with Crippen LogP contribution in [0, 0.1) is 30.6 Å². The Morgan fingerprint density at radius 3 is 2.33 bits per heavy atom. The summed E-state index contributed by atoms with van der Waals surface area (Å²) in [5, 5.41) is 0.976. The Balaban J connectivity index is 1.04. The SMILES string of the molecule is CC[C@H]1CCC[C@H](O[C@H]2CC[C@H](N(C)C(=O)c3ccccc3)C(C)O2)[C@@H](C)C(=O)C2=C[C@H]3[C@@H]4C[C@H](O[C@@H]5OC(C)[C@H](OC)C(OC)C5OC)C[C@H]4c4sc(C)nc4[C@H]3[C@@H]2CC(=O)O1. The van der Waals surface area contributed by atoms with Crippen LogP contribution >= 0.6 is 11.3 Å². The topological polar surface area (TPSA) is 141 Å². The zero-order chi connectivity index (χ0) is 44.7. The van der Waals surface area contributed by atoms with Gasteiger partial charge in [0.15, 0.2) is 18.4 Å². The molecule has 2 aromatic rings. The van der Waals surface area contributed by atoms with E-state index in [1.807, 2.05) is 65.1 Å². The van der Waals surface area contributed by atoms with Crippen molar-refractivity contribution in [2.24, 2.45) is 23.7 Å². The van der Waals surface area contributed by atoms with Crippen LogP contribution in [-0.4, -0.2) is 123 Å². The standard InChI is InChI=1S/C49H68N2O11S/c1-10-30-17-14-18-38(62-40-20-19-37(26(3)58-40)51(6)48(54)29-15-12-11-13-16-29)25(2)43(53)35-23-33-32-21-31(61-49-46(57-9)45(56-8)44(55-7)27(4)59-49)22-36(32)47-42(50-28(5)63-47)41(33)34(35)24-39(52)60-30/h11-13,15-16,23,25-27,30-34,36-38,40-41,44-46,49H,10,14,17-22,24H2,1-9H3/t25-,26?,27?,30+,31+,32+,33+,34-,36-,37+,38+,40+,41-,44+,45?,46?,49+/m1/s1. The molecule has 13 nitrogen and oxygen atoms in total. The number of ketones is 1. The maximum Gasteiger partial charge on any atom is 0.306 e. The van der Waals surface area contributed by atoms with Crippen molar-refractivity contribution < 1.29 is 52.3 Å². The van der Waals surface area contributed by atoms with E-state index in [1.165, 1.54) is 4.88 Å². The number of hydrogen-bond donors (Lipinski definition) is 0. The maximum atomic E-state index is 15.1. The van der Waals surface area contributed by atoms with E-state index < -0.39 is 30.7 Å². The first-order chi connectivity index (χ1) is 30.3. The molecule has 3 aliphatic heterocycles. The predicted molar refractivity (Wildman–Crippen MR) is 235 cm³/mol. The van der Waals surface area contributed by atoms with Crippen LogP contribution in [-0.2, 0) is 47.5 Å². The van der Waals surface area contributed by atoms with Crippen LogP contribution in [0.15, 0.2) is 42.0 Å². The van der Waals surface area contributed by atoms with Crippen LogP contribution in [0.5, 0.6) is 0 Å². The van der Waals surface area contributed by atoms with Crippen molar-refractivity contribution in [2.75, 3.05) is 28.4 Å². The van der Waals surface area contributed by atoms with Gasteiger partial charge in [-0.15, -0.1) is 11.3 Å². The van der Waals surface area contributed by atoms with Crippen LogP contribution < -0.4 is 0 Å². The number of aromatic nitrogens is 1. The highest BCUT2D eigenvalue weighted by Gasteiger charge is 2.57. The number of rotatable bonds is 10. The van der Waals surface area contributed by atoms with Crippen molar-refractivity contribution in [3.05, 3.63) is 63.1 Å². The number of nitrogens with zero attached hydrogens (tertiary/aromatic N) is 2. The van der Waals surface area contributed by atoms with Gasteiger partial charge in [-0.25, -0.2) is 4.98 Å². The van der Waals surface area contributed by atoms with E-state index in [0.29, 0.717) is 43.2 Å². The number of methoxy groups -OCH3 is 3. The summed E-state index contributed by atoms with van der Waals surface area (Å²) in [6.45, 7) is 10.0. The lowest BCUT2D eigenvalue weighted by atomic mass is 9.67. The minimum absolute atomic E-state index is 0.0106. The van der Waals surface area contributed by atoms with Crippen LogP contribution in [0.4, 0.5) is 0 Å². The average Bonchev–Trinajstić information content (AvgIpc) is 3.99. The molecule has 17 atom stereocenters. The third-order valence-corrected chi connectivity index (χ3v) is 16.3. The lowest BCUT2D eigenvalue weighted by Crippen LogP contribution is -2.59. The fourth-order valence-corrected chi connectivity index (χ4v) is 13.1. The van der Waals surface area contributed by atoms with Crippen molar-refractivity contribution in [2.45, 2.75) is 172 Å². The number of likely N-dealkylation sites (N-methyl/N-ethyl adjacent to an activating group) is 1. The lowest BCUT2D eigenvalue weighted by Gasteiger charge is -2.44. The fraction of sp³-hybridized carbons (Fsp3) is 0.714. The number of esters is 1. The zero-order valence-corrected chi connectivity index (χ0v) is 39.3. The van der Waals surface area contributed by atoms with Gasteiger partial charge in [-0.3, -0.25) is 14.4 Å². The number of amides is 1. The number of aryl methyl sites for hydroxylation is 1. The van der Waals surface area contributed by atoms with E-state index in [-0.39, 0.29) is 96.3 Å². The number of ether oxygens (including phenoxy) is 8. The van der Waals surface area contributed by atoms with Crippen LogP contribution in [0.25, 0.3) is 0 Å². The van der Waals surface area contributed by atoms with Crippen LogP contribution in [0.3, 0.4) is 0 Å². The number of cyclic esters (lactones) is 1. The first-order valence-corrected chi connectivity index (χ1v) is 24.1.